The maximum absolute atomic E-state index is 12.1. The van der Waals surface area contributed by atoms with E-state index in [9.17, 15) is 4.79 Å². The number of fused-ring (bicyclic) bond motifs is 3. The van der Waals surface area contributed by atoms with Gasteiger partial charge in [-0.25, -0.2) is 0 Å². The third-order valence-corrected chi connectivity index (χ3v) is 4.80. The molecule has 0 saturated carbocycles. The molecule has 0 aliphatic carbocycles. The third-order valence-electron chi connectivity index (χ3n) is 4.80. The van der Waals surface area contributed by atoms with Gasteiger partial charge in [0.05, 0.1) is 6.42 Å². The minimum Gasteiger partial charge on any atom is -0.351 e. The first-order valence-electron chi connectivity index (χ1n) is 7.93. The van der Waals surface area contributed by atoms with E-state index in [-0.39, 0.29) is 11.9 Å². The fourth-order valence-electron chi connectivity index (χ4n) is 3.81. The molecule has 2 aromatic rings. The zero-order valence-electron chi connectivity index (χ0n) is 12.5. The zero-order valence-corrected chi connectivity index (χ0v) is 12.5. The lowest BCUT2D eigenvalue weighted by molar-refractivity contribution is -0.120. The third kappa shape index (κ3) is 2.53. The van der Waals surface area contributed by atoms with E-state index in [1.54, 1.807) is 0 Å². The molecule has 2 aliphatic heterocycles. The van der Waals surface area contributed by atoms with Gasteiger partial charge in [0.1, 0.15) is 0 Å². The van der Waals surface area contributed by atoms with Crippen molar-refractivity contribution in [3.8, 4) is 0 Å². The molecule has 2 aliphatic rings. The Morgan fingerprint density at radius 2 is 1.77 bits per heavy atom. The molecule has 2 atom stereocenters. The summed E-state index contributed by atoms with van der Waals surface area (Å²) < 4.78 is 0. The Morgan fingerprint density at radius 1 is 1.00 bits per heavy atom. The predicted molar refractivity (Wildman–Crippen MR) is 86.5 cm³/mol. The van der Waals surface area contributed by atoms with Gasteiger partial charge >= 0.3 is 0 Å². The predicted octanol–water partition coefficient (Wildman–Crippen LogP) is 2.33. The molecule has 0 unspecified atom stereocenters. The first-order chi connectivity index (χ1) is 10.8. The number of carbonyl (C=O) groups is 1. The molecule has 1 fully saturated rings. The van der Waals surface area contributed by atoms with Gasteiger partial charge in [-0.05, 0) is 16.7 Å². The van der Waals surface area contributed by atoms with Crippen LogP contribution < -0.4 is 5.32 Å². The maximum atomic E-state index is 12.1. The number of likely N-dealkylation sites (tertiary alicyclic amines) is 1. The van der Waals surface area contributed by atoms with Crippen LogP contribution in [0.1, 0.15) is 22.6 Å². The van der Waals surface area contributed by atoms with E-state index in [4.69, 9.17) is 0 Å². The molecule has 0 bridgehead atoms. The Hall–Kier alpha value is -2.13. The lowest BCUT2D eigenvalue weighted by atomic mass is 9.91. The average molecular weight is 292 g/mol. The van der Waals surface area contributed by atoms with Gasteiger partial charge in [-0.1, -0.05) is 54.6 Å². The lowest BCUT2D eigenvalue weighted by Gasteiger charge is -2.17. The minimum atomic E-state index is 0.154. The molecule has 3 nitrogen and oxygen atoms in total. The largest absolute Gasteiger partial charge is 0.351 e. The second-order valence-electron chi connectivity index (χ2n) is 6.34. The van der Waals surface area contributed by atoms with Gasteiger partial charge in [0.25, 0.3) is 0 Å². The van der Waals surface area contributed by atoms with Crippen molar-refractivity contribution in [2.45, 2.75) is 24.9 Å². The minimum absolute atomic E-state index is 0.154. The molecular weight excluding hydrogens is 272 g/mol. The van der Waals surface area contributed by atoms with Crippen molar-refractivity contribution in [2.24, 2.45) is 0 Å². The smallest absolute Gasteiger partial charge is 0.224 e. The molecule has 112 valence electrons. The van der Waals surface area contributed by atoms with E-state index in [2.05, 4.69) is 52.7 Å². The van der Waals surface area contributed by atoms with E-state index >= 15 is 0 Å². The Balaban J connectivity index is 1.59. The van der Waals surface area contributed by atoms with E-state index in [1.165, 1.54) is 16.7 Å². The highest BCUT2D eigenvalue weighted by atomic mass is 16.1. The summed E-state index contributed by atoms with van der Waals surface area (Å²) >= 11 is 0. The molecule has 0 spiro atoms. The zero-order chi connectivity index (χ0) is 14.9. The fraction of sp³-hybridized carbons (Fsp3) is 0.316. The molecule has 0 radical (unpaired) electrons. The summed E-state index contributed by atoms with van der Waals surface area (Å²) in [6.45, 7) is 2.89. The SMILES string of the molecule is O=C1Cc2ccccc2[C@@H]2CN(Cc3ccccc3)C[C@H]2N1. The van der Waals surface area contributed by atoms with Crippen LogP contribution in [0.2, 0.25) is 0 Å². The van der Waals surface area contributed by atoms with Crippen LogP contribution in [0.3, 0.4) is 0 Å². The molecule has 1 N–H and O–H groups in total. The highest BCUT2D eigenvalue weighted by Crippen LogP contribution is 2.33. The van der Waals surface area contributed by atoms with Crippen LogP contribution >= 0.6 is 0 Å². The lowest BCUT2D eigenvalue weighted by Crippen LogP contribution is -2.38. The Kier molecular flexibility index (Phi) is 3.43. The molecule has 22 heavy (non-hydrogen) atoms. The van der Waals surface area contributed by atoms with E-state index in [0.717, 1.165) is 19.6 Å². The molecule has 2 aromatic carbocycles. The maximum Gasteiger partial charge on any atom is 0.224 e. The molecule has 2 heterocycles. The van der Waals surface area contributed by atoms with E-state index in [1.807, 2.05) is 12.1 Å². The van der Waals surface area contributed by atoms with Crippen LogP contribution in [-0.2, 0) is 17.8 Å². The first kappa shape index (κ1) is 13.5. The Labute approximate surface area is 131 Å². The molecule has 1 amide bonds. The van der Waals surface area contributed by atoms with Crippen molar-refractivity contribution < 1.29 is 4.79 Å². The summed E-state index contributed by atoms with van der Waals surface area (Å²) in [5, 5.41) is 3.22. The molecule has 0 aromatic heterocycles. The second-order valence-corrected chi connectivity index (χ2v) is 6.34. The van der Waals surface area contributed by atoms with Crippen molar-refractivity contribution in [2.75, 3.05) is 13.1 Å². The van der Waals surface area contributed by atoms with Gasteiger partial charge in [0.15, 0.2) is 0 Å². The van der Waals surface area contributed by atoms with Gasteiger partial charge in [0, 0.05) is 31.6 Å². The quantitative estimate of drug-likeness (QED) is 0.921. The number of rotatable bonds is 2. The summed E-state index contributed by atoms with van der Waals surface area (Å²) in [5.41, 5.74) is 3.87. The standard InChI is InChI=1S/C19H20N2O/c22-19-10-15-8-4-5-9-16(15)17-12-21(13-18(17)20-19)11-14-6-2-1-3-7-14/h1-9,17-18H,10-13H2,(H,20,22)/t17-,18+/m0/s1. The number of amides is 1. The number of nitrogens with one attached hydrogen (secondary N) is 1. The van der Waals surface area contributed by atoms with Gasteiger partial charge in [-0.2, -0.15) is 0 Å². The summed E-state index contributed by atoms with van der Waals surface area (Å²) in [5.74, 6) is 0.563. The van der Waals surface area contributed by atoms with Gasteiger partial charge < -0.3 is 5.32 Å². The summed E-state index contributed by atoms with van der Waals surface area (Å²) in [7, 11) is 0. The van der Waals surface area contributed by atoms with Gasteiger partial charge in [0.2, 0.25) is 5.91 Å². The second kappa shape index (κ2) is 5.58. The first-order valence-corrected chi connectivity index (χ1v) is 7.93. The number of hydrogen-bond acceptors (Lipinski definition) is 2. The van der Waals surface area contributed by atoms with Gasteiger partial charge in [-0.3, -0.25) is 9.69 Å². The fourth-order valence-corrected chi connectivity index (χ4v) is 3.81. The van der Waals surface area contributed by atoms with Crippen LogP contribution in [0.15, 0.2) is 54.6 Å². The van der Waals surface area contributed by atoms with Crippen molar-refractivity contribution in [3.63, 3.8) is 0 Å². The molecule has 3 heteroatoms. The van der Waals surface area contributed by atoms with Crippen molar-refractivity contribution in [3.05, 3.63) is 71.3 Å². The van der Waals surface area contributed by atoms with Crippen LogP contribution in [0.4, 0.5) is 0 Å². The monoisotopic (exact) mass is 292 g/mol. The molecular formula is C19H20N2O. The normalized spacial score (nSPS) is 24.3. The van der Waals surface area contributed by atoms with Crippen LogP contribution in [-0.4, -0.2) is 29.9 Å². The van der Waals surface area contributed by atoms with Gasteiger partial charge in [-0.15, -0.1) is 0 Å². The van der Waals surface area contributed by atoms with Crippen LogP contribution in [0, 0.1) is 0 Å². The van der Waals surface area contributed by atoms with Crippen molar-refractivity contribution >= 4 is 5.91 Å². The van der Waals surface area contributed by atoms with Crippen LogP contribution in [0.25, 0.3) is 0 Å². The summed E-state index contributed by atoms with van der Waals surface area (Å²) in [4.78, 5) is 14.6. The van der Waals surface area contributed by atoms with E-state index in [0.29, 0.717) is 12.3 Å². The van der Waals surface area contributed by atoms with Crippen LogP contribution in [0.5, 0.6) is 0 Å². The highest BCUT2D eigenvalue weighted by molar-refractivity contribution is 5.80. The number of carbonyl (C=O) groups excluding carboxylic acids is 1. The van der Waals surface area contributed by atoms with E-state index < -0.39 is 0 Å². The number of benzene rings is 2. The molecule has 1 saturated heterocycles. The van der Waals surface area contributed by atoms with Crippen molar-refractivity contribution in [1.82, 2.24) is 10.2 Å². The topological polar surface area (TPSA) is 32.3 Å². The average Bonchev–Trinajstić information content (AvgIpc) is 2.85. The number of hydrogen-bond donors (Lipinski definition) is 1. The Morgan fingerprint density at radius 3 is 2.64 bits per heavy atom. The highest BCUT2D eigenvalue weighted by Gasteiger charge is 2.37. The summed E-state index contributed by atoms with van der Waals surface area (Å²) in [6, 6.07) is 19.2. The summed E-state index contributed by atoms with van der Waals surface area (Å²) in [6.07, 6.45) is 0.516. The number of nitrogens with zero attached hydrogens (tertiary/aromatic N) is 1. The Bertz CT molecular complexity index is 683. The van der Waals surface area contributed by atoms with Crippen molar-refractivity contribution in [1.29, 1.82) is 0 Å². The molecule has 4 rings (SSSR count).